The molecule has 1 nitrogen and oxygen atoms in total. The fourth-order valence-corrected chi connectivity index (χ4v) is 3.93. The Morgan fingerprint density at radius 2 is 2.05 bits per heavy atom. The fraction of sp³-hybridized carbons (Fsp3) is 0.474. The largest absolute Gasteiger partial charge is 0.335 e. The van der Waals surface area contributed by atoms with Crippen molar-refractivity contribution in [3.05, 3.63) is 53.8 Å². The van der Waals surface area contributed by atoms with E-state index in [2.05, 4.69) is 26.8 Å². The molecule has 0 saturated carbocycles. The molecule has 0 bridgehead atoms. The normalized spacial score (nSPS) is 25.8. The maximum absolute atomic E-state index is 13.4. The molecule has 0 fully saturated rings. The number of allylic oxidation sites excluding steroid dienone is 2. The van der Waals surface area contributed by atoms with Crippen LogP contribution in [-0.2, 0) is 5.41 Å². The highest BCUT2D eigenvalue weighted by molar-refractivity contribution is 5.65. The van der Waals surface area contributed by atoms with Crippen molar-refractivity contribution in [1.29, 1.82) is 0 Å². The van der Waals surface area contributed by atoms with Gasteiger partial charge in [0.1, 0.15) is 6.04 Å². The Kier molecular flexibility index (Phi) is 3.84. The van der Waals surface area contributed by atoms with Gasteiger partial charge in [-0.15, -0.1) is 0 Å². The number of fused-ring (bicyclic) bond motifs is 1. The van der Waals surface area contributed by atoms with Gasteiger partial charge in [-0.05, 0) is 47.4 Å². The molecule has 0 aromatic heterocycles. The van der Waals surface area contributed by atoms with Crippen LogP contribution in [-0.4, -0.2) is 12.5 Å². The lowest BCUT2D eigenvalue weighted by Crippen LogP contribution is -2.37. The molecule has 1 aliphatic heterocycles. The molecule has 0 spiro atoms. The molecule has 0 N–H and O–H groups in total. The number of anilines is 1. The van der Waals surface area contributed by atoms with Gasteiger partial charge in [0, 0.05) is 11.9 Å². The van der Waals surface area contributed by atoms with Gasteiger partial charge in [-0.2, -0.15) is 0 Å². The lowest BCUT2D eigenvalue weighted by Gasteiger charge is -2.32. The van der Waals surface area contributed by atoms with E-state index in [0.29, 0.717) is 5.92 Å². The van der Waals surface area contributed by atoms with Crippen molar-refractivity contribution < 1.29 is 8.78 Å². The average Bonchev–Trinajstić information content (AvgIpc) is 2.78. The van der Waals surface area contributed by atoms with E-state index in [4.69, 9.17) is 0 Å². The van der Waals surface area contributed by atoms with Crippen LogP contribution < -0.4 is 4.90 Å². The Bertz CT molecular complexity index is 616. The van der Waals surface area contributed by atoms with Crippen molar-refractivity contribution >= 4 is 5.69 Å². The molecule has 3 rings (SSSR count). The van der Waals surface area contributed by atoms with E-state index in [9.17, 15) is 8.78 Å². The summed E-state index contributed by atoms with van der Waals surface area (Å²) in [6, 6.07) is 5.28. The summed E-state index contributed by atoms with van der Waals surface area (Å²) in [6.07, 6.45) is 6.64. The third-order valence-electron chi connectivity index (χ3n) is 4.99. The molecule has 1 unspecified atom stereocenters. The first-order valence-corrected chi connectivity index (χ1v) is 8.00. The van der Waals surface area contributed by atoms with Crippen molar-refractivity contribution in [2.45, 2.75) is 57.4 Å². The van der Waals surface area contributed by atoms with Gasteiger partial charge >= 0.3 is 0 Å². The number of benzene rings is 1. The van der Waals surface area contributed by atoms with Crippen LogP contribution in [0.3, 0.4) is 0 Å². The predicted octanol–water partition coefficient (Wildman–Crippen LogP) is 5.39. The molecule has 1 aromatic rings. The quantitative estimate of drug-likeness (QED) is 0.724. The molecule has 0 amide bonds. The number of alkyl halides is 2. The second kappa shape index (κ2) is 5.53. The number of halogens is 2. The Morgan fingerprint density at radius 3 is 2.73 bits per heavy atom. The molecule has 118 valence electrons. The maximum atomic E-state index is 13.4. The van der Waals surface area contributed by atoms with Crippen LogP contribution in [0, 0.1) is 0 Å². The first kappa shape index (κ1) is 15.3. The van der Waals surface area contributed by atoms with Crippen LogP contribution in [0.5, 0.6) is 0 Å². The molecule has 1 aromatic carbocycles. The predicted molar refractivity (Wildman–Crippen MR) is 87.7 cm³/mol. The first-order chi connectivity index (χ1) is 10.5. The van der Waals surface area contributed by atoms with E-state index in [1.54, 1.807) is 23.3 Å². The Morgan fingerprint density at radius 1 is 1.27 bits per heavy atom. The van der Waals surface area contributed by atoms with Crippen LogP contribution in [0.15, 0.2) is 42.6 Å². The van der Waals surface area contributed by atoms with Crippen molar-refractivity contribution in [3.63, 3.8) is 0 Å². The number of hydrogen-bond donors (Lipinski definition) is 0. The summed E-state index contributed by atoms with van der Waals surface area (Å²) in [4.78, 5) is 1.74. The molecule has 0 saturated heterocycles. The van der Waals surface area contributed by atoms with Gasteiger partial charge in [0.05, 0.1) is 0 Å². The Labute approximate surface area is 131 Å². The molecular formula is C19H23F2N. The highest BCUT2D eigenvalue weighted by atomic mass is 19.3. The molecule has 3 heteroatoms. The highest BCUT2D eigenvalue weighted by Gasteiger charge is 2.39. The third kappa shape index (κ3) is 2.37. The Balaban J connectivity index is 2.11. The van der Waals surface area contributed by atoms with Crippen LogP contribution in [0.1, 0.15) is 50.7 Å². The van der Waals surface area contributed by atoms with Gasteiger partial charge in [-0.3, -0.25) is 0 Å². The van der Waals surface area contributed by atoms with E-state index in [1.807, 2.05) is 18.2 Å². The van der Waals surface area contributed by atoms with Gasteiger partial charge in [-0.1, -0.05) is 45.1 Å². The maximum Gasteiger partial charge on any atom is 0.262 e. The molecule has 22 heavy (non-hydrogen) atoms. The summed E-state index contributed by atoms with van der Waals surface area (Å²) in [5.41, 5.74) is 3.64. The summed E-state index contributed by atoms with van der Waals surface area (Å²) in [5.74, 6) is 0.443. The van der Waals surface area contributed by atoms with Crippen LogP contribution in [0.25, 0.3) is 0 Å². The second-order valence-electron chi connectivity index (χ2n) is 6.89. The minimum Gasteiger partial charge on any atom is -0.335 e. The topological polar surface area (TPSA) is 3.24 Å². The standard InChI is InChI=1S/C19H23F2N/c1-4-13-12-19(2,3)14-8-7-10-15(17(13)14)22-11-6-5-9-16(22)18(20)21/h5-11,13,16,18H,4,12H2,1-3H3/t13-,16?/m0/s1. The van der Waals surface area contributed by atoms with Crippen molar-refractivity contribution in [3.8, 4) is 0 Å². The number of nitrogens with zero attached hydrogens (tertiary/aromatic N) is 1. The summed E-state index contributed by atoms with van der Waals surface area (Å²) >= 11 is 0. The summed E-state index contributed by atoms with van der Waals surface area (Å²) in [5, 5.41) is 0. The summed E-state index contributed by atoms with van der Waals surface area (Å²) in [7, 11) is 0. The second-order valence-corrected chi connectivity index (χ2v) is 6.89. The lowest BCUT2D eigenvalue weighted by molar-refractivity contribution is 0.132. The summed E-state index contributed by atoms with van der Waals surface area (Å²) in [6.45, 7) is 6.69. The van der Waals surface area contributed by atoms with Gasteiger partial charge in [0.25, 0.3) is 6.43 Å². The number of rotatable bonds is 3. The molecular weight excluding hydrogens is 280 g/mol. The zero-order valence-corrected chi connectivity index (χ0v) is 13.4. The number of hydrogen-bond acceptors (Lipinski definition) is 1. The minimum absolute atomic E-state index is 0.113. The minimum atomic E-state index is -2.40. The average molecular weight is 303 g/mol. The van der Waals surface area contributed by atoms with E-state index >= 15 is 0 Å². The van der Waals surface area contributed by atoms with E-state index in [0.717, 1.165) is 18.5 Å². The van der Waals surface area contributed by atoms with Gasteiger partial charge in [-0.25, -0.2) is 8.78 Å². The van der Waals surface area contributed by atoms with Gasteiger partial charge in [0.15, 0.2) is 0 Å². The highest BCUT2D eigenvalue weighted by Crippen LogP contribution is 2.51. The zero-order chi connectivity index (χ0) is 15.9. The van der Waals surface area contributed by atoms with Crippen LogP contribution >= 0.6 is 0 Å². The smallest absolute Gasteiger partial charge is 0.262 e. The van der Waals surface area contributed by atoms with Gasteiger partial charge in [0.2, 0.25) is 0 Å². The molecule has 1 heterocycles. The van der Waals surface area contributed by atoms with E-state index in [1.165, 1.54) is 11.1 Å². The molecule has 0 radical (unpaired) electrons. The van der Waals surface area contributed by atoms with E-state index < -0.39 is 12.5 Å². The van der Waals surface area contributed by atoms with Crippen molar-refractivity contribution in [1.82, 2.24) is 0 Å². The van der Waals surface area contributed by atoms with Crippen molar-refractivity contribution in [2.75, 3.05) is 4.90 Å². The molecule has 2 atom stereocenters. The van der Waals surface area contributed by atoms with Crippen LogP contribution in [0.4, 0.5) is 14.5 Å². The molecule has 2 aliphatic rings. The fourth-order valence-electron chi connectivity index (χ4n) is 3.93. The SMILES string of the molecule is CC[C@H]1CC(C)(C)c2cccc(N3C=CC=CC3C(F)F)c21. The monoisotopic (exact) mass is 303 g/mol. The van der Waals surface area contributed by atoms with E-state index in [-0.39, 0.29) is 5.41 Å². The van der Waals surface area contributed by atoms with Crippen LogP contribution in [0.2, 0.25) is 0 Å². The molecule has 1 aliphatic carbocycles. The van der Waals surface area contributed by atoms with Gasteiger partial charge < -0.3 is 4.90 Å². The summed E-state index contributed by atoms with van der Waals surface area (Å²) < 4.78 is 26.8. The first-order valence-electron chi connectivity index (χ1n) is 8.00. The Hall–Kier alpha value is -1.64. The zero-order valence-electron chi connectivity index (χ0n) is 13.4. The lowest BCUT2D eigenvalue weighted by atomic mass is 9.86. The third-order valence-corrected chi connectivity index (χ3v) is 4.99. The van der Waals surface area contributed by atoms with Crippen molar-refractivity contribution in [2.24, 2.45) is 0 Å².